The van der Waals surface area contributed by atoms with Crippen LogP contribution in [0.15, 0.2) is 24.3 Å². The first kappa shape index (κ1) is 18.0. The molecule has 0 saturated heterocycles. The van der Waals surface area contributed by atoms with Gasteiger partial charge in [0.1, 0.15) is 5.54 Å². The number of amides is 1. The summed E-state index contributed by atoms with van der Waals surface area (Å²) in [7, 11) is 0. The Morgan fingerprint density at radius 1 is 1.30 bits per heavy atom. The molecule has 0 aliphatic heterocycles. The second-order valence-electron chi connectivity index (χ2n) is 5.65. The number of rotatable bonds is 5. The van der Waals surface area contributed by atoms with Crippen molar-refractivity contribution in [3.63, 3.8) is 0 Å². The summed E-state index contributed by atoms with van der Waals surface area (Å²) in [6.45, 7) is 1.47. The lowest BCUT2D eigenvalue weighted by Gasteiger charge is -2.37. The molecule has 6 heteroatoms. The van der Waals surface area contributed by atoms with Gasteiger partial charge in [-0.2, -0.15) is 0 Å². The van der Waals surface area contributed by atoms with E-state index in [4.69, 9.17) is 11.6 Å². The van der Waals surface area contributed by atoms with Gasteiger partial charge in [-0.05, 0) is 25.3 Å². The van der Waals surface area contributed by atoms with Gasteiger partial charge in [-0.3, -0.25) is 14.4 Å². The minimum absolute atomic E-state index is 0.00409. The van der Waals surface area contributed by atoms with Crippen molar-refractivity contribution in [3.8, 4) is 0 Å². The van der Waals surface area contributed by atoms with Gasteiger partial charge in [0.15, 0.2) is 10.9 Å². The third-order valence-corrected chi connectivity index (χ3v) is 5.15. The lowest BCUT2D eigenvalue weighted by Crippen LogP contribution is -2.53. The van der Waals surface area contributed by atoms with Crippen molar-refractivity contribution < 1.29 is 14.4 Å². The summed E-state index contributed by atoms with van der Waals surface area (Å²) in [6.07, 6.45) is 2.89. The molecule has 1 aliphatic carbocycles. The van der Waals surface area contributed by atoms with Crippen molar-refractivity contribution in [2.24, 2.45) is 0 Å². The second-order valence-corrected chi connectivity index (χ2v) is 7.33. The molecular formula is C17H20ClNO3S. The fraction of sp³-hybridized carbons (Fsp3) is 0.471. The first-order valence-electron chi connectivity index (χ1n) is 7.68. The van der Waals surface area contributed by atoms with Crippen LogP contribution in [0.1, 0.15) is 44.6 Å². The molecule has 1 aliphatic rings. The van der Waals surface area contributed by atoms with Gasteiger partial charge in [0.25, 0.3) is 0 Å². The average molecular weight is 354 g/mol. The highest BCUT2D eigenvalue weighted by Gasteiger charge is 2.43. The molecule has 0 radical (unpaired) electrons. The van der Waals surface area contributed by atoms with E-state index in [1.165, 1.54) is 6.92 Å². The topological polar surface area (TPSA) is 63.2 Å². The van der Waals surface area contributed by atoms with Gasteiger partial charge >= 0.3 is 0 Å². The summed E-state index contributed by atoms with van der Waals surface area (Å²) in [4.78, 5) is 35.9. The van der Waals surface area contributed by atoms with Gasteiger partial charge < -0.3 is 5.32 Å². The zero-order valence-electron chi connectivity index (χ0n) is 13.1. The predicted octanol–water partition coefficient (Wildman–Crippen LogP) is 3.46. The first-order chi connectivity index (χ1) is 11.0. The molecule has 1 N–H and O–H groups in total. The quantitative estimate of drug-likeness (QED) is 0.880. The molecule has 0 bridgehead atoms. The van der Waals surface area contributed by atoms with E-state index in [2.05, 4.69) is 5.32 Å². The number of benzene rings is 1. The van der Waals surface area contributed by atoms with Gasteiger partial charge in [-0.1, -0.05) is 41.6 Å². The molecule has 1 aromatic rings. The number of Topliss-reactive ketones (excluding diaryl/α,β-unsaturated/α-hetero) is 1. The smallest absolute Gasteiger partial charge is 0.221 e. The maximum absolute atomic E-state index is 12.7. The van der Waals surface area contributed by atoms with Crippen molar-refractivity contribution >= 4 is 40.2 Å². The molecule has 1 aromatic carbocycles. The number of nitrogens with one attached hydrogen (secondary N) is 1. The largest absolute Gasteiger partial charge is 0.340 e. The number of hydrogen-bond acceptors (Lipinski definition) is 4. The molecule has 1 atom stereocenters. The van der Waals surface area contributed by atoms with Crippen LogP contribution in [0.5, 0.6) is 0 Å². The van der Waals surface area contributed by atoms with Gasteiger partial charge in [-0.15, -0.1) is 0 Å². The monoisotopic (exact) mass is 353 g/mol. The third kappa shape index (κ3) is 4.36. The number of halogens is 1. The standard InChI is InChI=1S/C17H20ClNO3S/c1-12(20)23-11-9-16(22)19-17(10-5-4-8-15(17)21)13-6-2-3-7-14(13)18/h2-3,6-7H,4-5,8-11H2,1H3,(H,19,22). The zero-order valence-corrected chi connectivity index (χ0v) is 14.6. The van der Waals surface area contributed by atoms with E-state index in [0.717, 1.165) is 24.6 Å². The van der Waals surface area contributed by atoms with Gasteiger partial charge in [0.2, 0.25) is 5.91 Å². The van der Waals surface area contributed by atoms with E-state index in [1.807, 2.05) is 6.07 Å². The van der Waals surface area contributed by atoms with E-state index in [1.54, 1.807) is 18.2 Å². The fourth-order valence-corrected chi connectivity index (χ4v) is 3.78. The van der Waals surface area contributed by atoms with Crippen LogP contribution < -0.4 is 5.32 Å². The summed E-state index contributed by atoms with van der Waals surface area (Å²) in [5, 5.41) is 3.38. The number of carbonyl (C=O) groups is 3. The summed E-state index contributed by atoms with van der Waals surface area (Å²) in [5.74, 6) is 0.187. The van der Waals surface area contributed by atoms with Crippen molar-refractivity contribution in [2.45, 2.75) is 44.6 Å². The molecule has 0 heterocycles. The minimum atomic E-state index is -1.03. The molecule has 1 amide bonds. The Labute approximate surface area is 145 Å². The Balaban J connectivity index is 2.22. The van der Waals surface area contributed by atoms with Crippen molar-refractivity contribution in [3.05, 3.63) is 34.9 Å². The Hall–Kier alpha value is -1.33. The average Bonchev–Trinajstić information content (AvgIpc) is 2.50. The van der Waals surface area contributed by atoms with Crippen LogP contribution in [-0.4, -0.2) is 22.6 Å². The number of carbonyl (C=O) groups excluding carboxylic acids is 3. The second kappa shape index (κ2) is 7.97. The molecule has 23 heavy (non-hydrogen) atoms. The SMILES string of the molecule is CC(=O)SCCC(=O)NC1(c2ccccc2Cl)CCCCC1=O. The fourth-order valence-electron chi connectivity index (χ4n) is 2.91. The van der Waals surface area contributed by atoms with Crippen molar-refractivity contribution in [1.82, 2.24) is 5.32 Å². The number of hydrogen-bond donors (Lipinski definition) is 1. The minimum Gasteiger partial charge on any atom is -0.340 e. The normalized spacial score (nSPS) is 21.0. The van der Waals surface area contributed by atoms with Crippen LogP contribution in [0.3, 0.4) is 0 Å². The first-order valence-corrected chi connectivity index (χ1v) is 9.05. The number of ketones is 1. The predicted molar refractivity (Wildman–Crippen MR) is 92.5 cm³/mol. The van der Waals surface area contributed by atoms with Gasteiger partial charge in [0.05, 0.1) is 0 Å². The Morgan fingerprint density at radius 2 is 2.04 bits per heavy atom. The van der Waals surface area contributed by atoms with Crippen LogP contribution in [0.2, 0.25) is 5.02 Å². The zero-order chi connectivity index (χ0) is 16.9. The molecule has 1 unspecified atom stereocenters. The Bertz CT molecular complexity index is 620. The van der Waals surface area contributed by atoms with Crippen LogP contribution >= 0.6 is 23.4 Å². The van der Waals surface area contributed by atoms with Crippen LogP contribution in [0, 0.1) is 0 Å². The lowest BCUT2D eigenvalue weighted by atomic mass is 9.75. The Kier molecular flexibility index (Phi) is 6.25. The van der Waals surface area contributed by atoms with Crippen LogP contribution in [0.4, 0.5) is 0 Å². The van der Waals surface area contributed by atoms with Crippen molar-refractivity contribution in [1.29, 1.82) is 0 Å². The van der Waals surface area contributed by atoms with E-state index < -0.39 is 5.54 Å². The molecule has 0 aromatic heterocycles. The van der Waals surface area contributed by atoms with E-state index in [0.29, 0.717) is 29.2 Å². The maximum Gasteiger partial charge on any atom is 0.221 e. The summed E-state index contributed by atoms with van der Waals surface area (Å²) < 4.78 is 0. The van der Waals surface area contributed by atoms with E-state index >= 15 is 0 Å². The van der Waals surface area contributed by atoms with Crippen LogP contribution in [0.25, 0.3) is 0 Å². The van der Waals surface area contributed by atoms with E-state index in [9.17, 15) is 14.4 Å². The summed E-state index contributed by atoms with van der Waals surface area (Å²) >= 11 is 7.40. The summed E-state index contributed by atoms with van der Waals surface area (Å²) in [6, 6.07) is 7.16. The molecule has 1 saturated carbocycles. The third-order valence-electron chi connectivity index (χ3n) is 4.00. The highest BCUT2D eigenvalue weighted by Crippen LogP contribution is 2.38. The molecule has 1 fully saturated rings. The highest BCUT2D eigenvalue weighted by atomic mass is 35.5. The van der Waals surface area contributed by atoms with Gasteiger partial charge in [-0.25, -0.2) is 0 Å². The molecule has 2 rings (SSSR count). The highest BCUT2D eigenvalue weighted by molar-refractivity contribution is 8.13. The Morgan fingerprint density at radius 3 is 2.70 bits per heavy atom. The van der Waals surface area contributed by atoms with Gasteiger partial charge in [0, 0.05) is 36.1 Å². The maximum atomic E-state index is 12.7. The molecular weight excluding hydrogens is 334 g/mol. The molecule has 124 valence electrons. The summed E-state index contributed by atoms with van der Waals surface area (Å²) in [5.41, 5.74) is -0.367. The van der Waals surface area contributed by atoms with E-state index in [-0.39, 0.29) is 23.2 Å². The number of thioether (sulfide) groups is 1. The molecule has 0 spiro atoms. The lowest BCUT2D eigenvalue weighted by molar-refractivity contribution is -0.134. The molecule has 4 nitrogen and oxygen atoms in total. The van der Waals surface area contributed by atoms with Crippen LogP contribution in [-0.2, 0) is 19.9 Å². The van der Waals surface area contributed by atoms with Crippen molar-refractivity contribution in [2.75, 3.05) is 5.75 Å².